The van der Waals surface area contributed by atoms with Gasteiger partial charge in [0.25, 0.3) is 0 Å². The molecule has 1 heterocycles. The number of amides is 1. The van der Waals surface area contributed by atoms with Crippen molar-refractivity contribution in [2.45, 2.75) is 20.3 Å². The Morgan fingerprint density at radius 2 is 1.87 bits per heavy atom. The van der Waals surface area contributed by atoms with E-state index in [0.717, 1.165) is 10.3 Å². The first-order chi connectivity index (χ1) is 10.9. The smallest absolute Gasteiger partial charge is 0.230 e. The van der Waals surface area contributed by atoms with E-state index in [1.165, 1.54) is 22.5 Å². The Morgan fingerprint density at radius 1 is 1.13 bits per heavy atom. The first-order valence-electron chi connectivity index (χ1n) is 7.04. The zero-order valence-corrected chi connectivity index (χ0v) is 14.9. The molecule has 23 heavy (non-hydrogen) atoms. The predicted octanol–water partition coefficient (Wildman–Crippen LogP) is 5.40. The molecule has 2 aromatic carbocycles. The Morgan fingerprint density at radius 3 is 2.57 bits per heavy atom. The molecule has 0 spiro atoms. The quantitative estimate of drug-likeness (QED) is 0.675. The molecule has 0 saturated carbocycles. The molecule has 3 aromatic rings. The molecule has 0 fully saturated rings. The molecule has 0 aliphatic heterocycles. The molecule has 0 radical (unpaired) electrons. The summed E-state index contributed by atoms with van der Waals surface area (Å²) in [5.41, 5.74) is 3.98. The van der Waals surface area contributed by atoms with Crippen molar-refractivity contribution in [2.24, 2.45) is 0 Å². The van der Waals surface area contributed by atoms with Gasteiger partial charge in [-0.1, -0.05) is 52.7 Å². The van der Waals surface area contributed by atoms with Gasteiger partial charge in [0.1, 0.15) is 5.52 Å². The van der Waals surface area contributed by atoms with Crippen molar-refractivity contribution in [3.63, 3.8) is 0 Å². The minimum Gasteiger partial charge on any atom is -0.302 e. The van der Waals surface area contributed by atoms with E-state index in [1.54, 1.807) is 12.1 Å². The number of nitrogens with one attached hydrogen (secondary N) is 1. The van der Waals surface area contributed by atoms with Gasteiger partial charge in [0, 0.05) is 0 Å². The average molecular weight is 365 g/mol. The van der Waals surface area contributed by atoms with Gasteiger partial charge in [0.05, 0.1) is 21.2 Å². The largest absolute Gasteiger partial charge is 0.302 e. The lowest BCUT2D eigenvalue weighted by Gasteiger charge is -2.05. The van der Waals surface area contributed by atoms with Crippen molar-refractivity contribution in [2.75, 3.05) is 5.32 Å². The lowest BCUT2D eigenvalue weighted by atomic mass is 10.0. The third-order valence-corrected chi connectivity index (χ3v) is 5.36. The number of carbonyl (C=O) groups excluding carboxylic acids is 1. The summed E-state index contributed by atoms with van der Waals surface area (Å²) in [6.07, 6.45) is 0.304. The molecule has 0 aliphatic rings. The van der Waals surface area contributed by atoms with E-state index in [4.69, 9.17) is 23.2 Å². The van der Waals surface area contributed by atoms with E-state index in [-0.39, 0.29) is 5.91 Å². The topological polar surface area (TPSA) is 42.0 Å². The van der Waals surface area contributed by atoms with Crippen molar-refractivity contribution in [3.05, 3.63) is 57.1 Å². The molecule has 3 nitrogen and oxygen atoms in total. The lowest BCUT2D eigenvalue weighted by molar-refractivity contribution is -0.115. The van der Waals surface area contributed by atoms with Crippen LogP contribution in [-0.4, -0.2) is 10.9 Å². The number of fused-ring (bicyclic) bond motifs is 1. The Labute approximate surface area is 148 Å². The van der Waals surface area contributed by atoms with Crippen LogP contribution in [0.1, 0.15) is 16.7 Å². The van der Waals surface area contributed by atoms with E-state index in [2.05, 4.69) is 10.3 Å². The van der Waals surface area contributed by atoms with Crippen molar-refractivity contribution in [3.8, 4) is 0 Å². The second kappa shape index (κ2) is 6.48. The molecule has 0 aliphatic carbocycles. The molecular weight excluding hydrogens is 351 g/mol. The number of rotatable bonds is 3. The third-order valence-electron chi connectivity index (χ3n) is 3.63. The summed E-state index contributed by atoms with van der Waals surface area (Å²) in [4.78, 5) is 16.6. The van der Waals surface area contributed by atoms with E-state index >= 15 is 0 Å². The zero-order valence-electron chi connectivity index (χ0n) is 12.6. The van der Waals surface area contributed by atoms with Crippen molar-refractivity contribution in [1.82, 2.24) is 4.98 Å². The van der Waals surface area contributed by atoms with Gasteiger partial charge in [-0.05, 0) is 42.7 Å². The van der Waals surface area contributed by atoms with E-state index in [9.17, 15) is 4.79 Å². The SMILES string of the molecule is Cc1ccc(CC(=O)Nc2nc3c(Cl)ccc(Cl)c3s2)cc1C. The number of hydrogen-bond donors (Lipinski definition) is 1. The van der Waals surface area contributed by atoms with E-state index in [0.29, 0.717) is 27.1 Å². The van der Waals surface area contributed by atoms with Crippen LogP contribution < -0.4 is 5.32 Å². The number of aromatic nitrogens is 1. The van der Waals surface area contributed by atoms with Gasteiger partial charge in [-0.2, -0.15) is 0 Å². The molecule has 0 saturated heterocycles. The van der Waals surface area contributed by atoms with E-state index in [1.807, 2.05) is 32.0 Å². The highest BCUT2D eigenvalue weighted by atomic mass is 35.5. The average Bonchev–Trinajstić information content (AvgIpc) is 2.92. The highest BCUT2D eigenvalue weighted by Crippen LogP contribution is 2.36. The maximum Gasteiger partial charge on any atom is 0.230 e. The Bertz CT molecular complexity index is 866. The highest BCUT2D eigenvalue weighted by Gasteiger charge is 2.13. The summed E-state index contributed by atoms with van der Waals surface area (Å²) in [6.45, 7) is 4.09. The standard InChI is InChI=1S/C17H14Cl2N2OS/c1-9-3-4-11(7-10(9)2)8-14(22)20-17-21-15-12(18)5-6-13(19)16(15)23-17/h3-7H,8H2,1-2H3,(H,20,21,22). The van der Waals surface area contributed by atoms with Crippen LogP contribution in [0.2, 0.25) is 10.0 Å². The van der Waals surface area contributed by atoms with Crippen molar-refractivity contribution < 1.29 is 4.79 Å². The summed E-state index contributed by atoms with van der Waals surface area (Å²) >= 11 is 13.6. The number of hydrogen-bond acceptors (Lipinski definition) is 3. The second-order valence-electron chi connectivity index (χ2n) is 5.37. The third kappa shape index (κ3) is 3.50. The van der Waals surface area contributed by atoms with Crippen LogP contribution in [0, 0.1) is 13.8 Å². The monoisotopic (exact) mass is 364 g/mol. The first-order valence-corrected chi connectivity index (χ1v) is 8.62. The Balaban J connectivity index is 1.79. The highest BCUT2D eigenvalue weighted by molar-refractivity contribution is 7.23. The van der Waals surface area contributed by atoms with Gasteiger partial charge in [-0.25, -0.2) is 4.98 Å². The zero-order chi connectivity index (χ0) is 16.6. The maximum absolute atomic E-state index is 12.2. The summed E-state index contributed by atoms with van der Waals surface area (Å²) < 4.78 is 0.778. The molecule has 1 amide bonds. The minimum atomic E-state index is -0.112. The van der Waals surface area contributed by atoms with Gasteiger partial charge in [-0.15, -0.1) is 0 Å². The van der Waals surface area contributed by atoms with Crippen LogP contribution in [0.15, 0.2) is 30.3 Å². The molecule has 1 aromatic heterocycles. The summed E-state index contributed by atoms with van der Waals surface area (Å²) in [5, 5.41) is 4.43. The number of aryl methyl sites for hydroxylation is 2. The fraction of sp³-hybridized carbons (Fsp3) is 0.176. The number of thiazole rings is 1. The van der Waals surface area contributed by atoms with Gasteiger partial charge >= 0.3 is 0 Å². The number of nitrogens with zero attached hydrogens (tertiary/aromatic N) is 1. The van der Waals surface area contributed by atoms with Crippen LogP contribution in [0.25, 0.3) is 10.2 Å². The molecule has 0 unspecified atom stereocenters. The van der Waals surface area contributed by atoms with Gasteiger partial charge < -0.3 is 5.32 Å². The van der Waals surface area contributed by atoms with Gasteiger partial charge in [-0.3, -0.25) is 4.79 Å². The lowest BCUT2D eigenvalue weighted by Crippen LogP contribution is -2.14. The number of anilines is 1. The van der Waals surface area contributed by atoms with Gasteiger partial charge in [0.2, 0.25) is 5.91 Å². The summed E-state index contributed by atoms with van der Waals surface area (Å²) in [6, 6.07) is 9.45. The Hall–Kier alpha value is -1.62. The summed E-state index contributed by atoms with van der Waals surface area (Å²) in [5.74, 6) is -0.112. The van der Waals surface area contributed by atoms with Crippen molar-refractivity contribution >= 4 is 55.8 Å². The molecule has 3 rings (SSSR count). The molecule has 118 valence electrons. The first kappa shape index (κ1) is 16.2. The van der Waals surface area contributed by atoms with Crippen LogP contribution in [-0.2, 0) is 11.2 Å². The number of halogens is 2. The normalized spacial score (nSPS) is 11.0. The fourth-order valence-corrected chi connectivity index (χ4v) is 3.70. The van der Waals surface area contributed by atoms with Crippen LogP contribution in [0.3, 0.4) is 0 Å². The number of benzene rings is 2. The maximum atomic E-state index is 12.2. The van der Waals surface area contributed by atoms with Gasteiger partial charge in [0.15, 0.2) is 5.13 Å². The van der Waals surface area contributed by atoms with Crippen LogP contribution >= 0.6 is 34.5 Å². The Kier molecular flexibility index (Phi) is 4.57. The number of carbonyl (C=O) groups is 1. The van der Waals surface area contributed by atoms with E-state index < -0.39 is 0 Å². The van der Waals surface area contributed by atoms with Crippen molar-refractivity contribution in [1.29, 1.82) is 0 Å². The molecular formula is C17H14Cl2N2OS. The molecule has 0 atom stereocenters. The second-order valence-corrected chi connectivity index (χ2v) is 7.18. The fourth-order valence-electron chi connectivity index (χ4n) is 2.26. The molecule has 0 bridgehead atoms. The van der Waals surface area contributed by atoms with Crippen LogP contribution in [0.5, 0.6) is 0 Å². The molecule has 6 heteroatoms. The molecule has 1 N–H and O–H groups in total. The summed E-state index contributed by atoms with van der Waals surface area (Å²) in [7, 11) is 0. The minimum absolute atomic E-state index is 0.112. The van der Waals surface area contributed by atoms with Crippen LogP contribution in [0.4, 0.5) is 5.13 Å². The predicted molar refractivity (Wildman–Crippen MR) is 97.9 cm³/mol.